The number of hydrazone groups is 1. The van der Waals surface area contributed by atoms with E-state index in [1.165, 1.54) is 0 Å². The van der Waals surface area contributed by atoms with E-state index in [0.29, 0.717) is 17.2 Å². The van der Waals surface area contributed by atoms with Crippen LogP contribution in [0.4, 0.5) is 5.69 Å². The van der Waals surface area contributed by atoms with Gasteiger partial charge < -0.3 is 14.2 Å². The van der Waals surface area contributed by atoms with E-state index < -0.39 is 0 Å². The second-order valence-electron chi connectivity index (χ2n) is 4.73. The standard InChI is InChI=1S/C17H19BrN2O3/c1-11(19-20-14-7-5-13(18)6-8-14)12-9-15(21-2)17(23-4)16(10-12)22-3/h5-10,20H,1-4H3/b19-11-. The summed E-state index contributed by atoms with van der Waals surface area (Å²) in [4.78, 5) is 0. The van der Waals surface area contributed by atoms with Crippen LogP contribution in [0.3, 0.4) is 0 Å². The first-order valence-electron chi connectivity index (χ1n) is 6.95. The number of hydrogen-bond acceptors (Lipinski definition) is 5. The monoisotopic (exact) mass is 378 g/mol. The molecule has 0 atom stereocenters. The summed E-state index contributed by atoms with van der Waals surface area (Å²) in [6.45, 7) is 1.91. The van der Waals surface area contributed by atoms with Gasteiger partial charge in [0.05, 0.1) is 32.7 Å². The van der Waals surface area contributed by atoms with Crippen LogP contribution in [0.1, 0.15) is 12.5 Å². The van der Waals surface area contributed by atoms with Crippen molar-refractivity contribution in [2.24, 2.45) is 5.10 Å². The summed E-state index contributed by atoms with van der Waals surface area (Å²) in [7, 11) is 4.76. The van der Waals surface area contributed by atoms with Gasteiger partial charge >= 0.3 is 0 Å². The lowest BCUT2D eigenvalue weighted by atomic mass is 10.1. The van der Waals surface area contributed by atoms with Crippen molar-refractivity contribution in [2.75, 3.05) is 26.8 Å². The molecule has 2 rings (SSSR count). The van der Waals surface area contributed by atoms with Crippen LogP contribution in [0.2, 0.25) is 0 Å². The molecule has 0 heterocycles. The summed E-state index contributed by atoms with van der Waals surface area (Å²) in [5, 5.41) is 4.40. The number of halogens is 1. The maximum Gasteiger partial charge on any atom is 0.203 e. The minimum absolute atomic E-state index is 0.562. The Labute approximate surface area is 144 Å². The van der Waals surface area contributed by atoms with Gasteiger partial charge in [0.15, 0.2) is 11.5 Å². The Hall–Kier alpha value is -2.21. The van der Waals surface area contributed by atoms with Crippen LogP contribution >= 0.6 is 15.9 Å². The number of methoxy groups -OCH3 is 3. The number of nitrogens with one attached hydrogen (secondary N) is 1. The summed E-state index contributed by atoms with van der Waals surface area (Å²) in [6.07, 6.45) is 0. The molecular formula is C17H19BrN2O3. The predicted octanol–water partition coefficient (Wildman–Crippen LogP) is 4.31. The van der Waals surface area contributed by atoms with E-state index in [1.807, 2.05) is 43.3 Å². The van der Waals surface area contributed by atoms with Gasteiger partial charge in [-0.2, -0.15) is 5.10 Å². The molecule has 0 amide bonds. The third-order valence-electron chi connectivity index (χ3n) is 3.28. The number of nitrogens with zero attached hydrogens (tertiary/aromatic N) is 1. The number of hydrogen-bond donors (Lipinski definition) is 1. The molecule has 23 heavy (non-hydrogen) atoms. The number of ether oxygens (including phenoxy) is 3. The zero-order valence-electron chi connectivity index (χ0n) is 13.5. The van der Waals surface area contributed by atoms with E-state index in [9.17, 15) is 0 Å². The normalized spacial score (nSPS) is 11.1. The van der Waals surface area contributed by atoms with Crippen LogP contribution in [0, 0.1) is 0 Å². The van der Waals surface area contributed by atoms with Gasteiger partial charge in [-0.25, -0.2) is 0 Å². The summed E-state index contributed by atoms with van der Waals surface area (Å²) in [5.41, 5.74) is 5.61. The van der Waals surface area contributed by atoms with E-state index >= 15 is 0 Å². The van der Waals surface area contributed by atoms with Gasteiger partial charge in [-0.3, -0.25) is 5.43 Å². The zero-order valence-corrected chi connectivity index (χ0v) is 15.1. The molecule has 0 saturated carbocycles. The van der Waals surface area contributed by atoms with E-state index in [4.69, 9.17) is 14.2 Å². The van der Waals surface area contributed by atoms with Crippen molar-refractivity contribution in [3.8, 4) is 17.2 Å². The van der Waals surface area contributed by atoms with Crippen molar-refractivity contribution >= 4 is 27.3 Å². The predicted molar refractivity (Wildman–Crippen MR) is 96.1 cm³/mol. The summed E-state index contributed by atoms with van der Waals surface area (Å²) >= 11 is 3.40. The Morgan fingerprint density at radius 1 is 0.957 bits per heavy atom. The van der Waals surface area contributed by atoms with Crippen molar-refractivity contribution in [1.82, 2.24) is 0 Å². The molecule has 6 heteroatoms. The van der Waals surface area contributed by atoms with E-state index in [0.717, 1.165) is 21.4 Å². The first-order valence-corrected chi connectivity index (χ1v) is 7.74. The fraction of sp³-hybridized carbons (Fsp3) is 0.235. The van der Waals surface area contributed by atoms with Crippen molar-refractivity contribution in [1.29, 1.82) is 0 Å². The molecule has 0 aliphatic rings. The van der Waals surface area contributed by atoms with Crippen molar-refractivity contribution in [2.45, 2.75) is 6.92 Å². The van der Waals surface area contributed by atoms with E-state index in [2.05, 4.69) is 26.5 Å². The van der Waals surface area contributed by atoms with E-state index in [1.54, 1.807) is 21.3 Å². The SMILES string of the molecule is COc1cc(/C(C)=N\Nc2ccc(Br)cc2)cc(OC)c1OC. The Kier molecular flexibility index (Phi) is 5.87. The van der Waals surface area contributed by atoms with Crippen molar-refractivity contribution in [3.05, 3.63) is 46.4 Å². The number of anilines is 1. The van der Waals surface area contributed by atoms with Gasteiger partial charge in [0.1, 0.15) is 0 Å². The molecule has 0 unspecified atom stereocenters. The van der Waals surface area contributed by atoms with Crippen LogP contribution in [0.15, 0.2) is 46.0 Å². The first kappa shape index (κ1) is 17.1. The molecule has 0 fully saturated rings. The van der Waals surface area contributed by atoms with Gasteiger partial charge in [0.25, 0.3) is 0 Å². The molecule has 2 aromatic carbocycles. The van der Waals surface area contributed by atoms with Gasteiger partial charge in [-0.1, -0.05) is 15.9 Å². The summed E-state index contributed by atoms with van der Waals surface area (Å²) < 4.78 is 17.1. The highest BCUT2D eigenvalue weighted by Crippen LogP contribution is 2.38. The minimum atomic E-state index is 0.562. The molecule has 0 aliphatic carbocycles. The first-order chi connectivity index (χ1) is 11.1. The molecule has 0 aliphatic heterocycles. The van der Waals surface area contributed by atoms with Gasteiger partial charge in [-0.05, 0) is 43.3 Å². The third-order valence-corrected chi connectivity index (χ3v) is 3.81. The molecule has 0 spiro atoms. The highest BCUT2D eigenvalue weighted by Gasteiger charge is 2.14. The quantitative estimate of drug-likeness (QED) is 0.600. The van der Waals surface area contributed by atoms with Gasteiger partial charge in [0.2, 0.25) is 5.75 Å². The average Bonchev–Trinajstić information content (AvgIpc) is 2.59. The fourth-order valence-corrected chi connectivity index (χ4v) is 2.29. The lowest BCUT2D eigenvalue weighted by Gasteiger charge is -2.14. The number of rotatable bonds is 6. The topological polar surface area (TPSA) is 52.1 Å². The van der Waals surface area contributed by atoms with Gasteiger partial charge in [-0.15, -0.1) is 0 Å². The Balaban J connectivity index is 2.29. The molecule has 0 aromatic heterocycles. The van der Waals surface area contributed by atoms with Crippen LogP contribution < -0.4 is 19.6 Å². The Morgan fingerprint density at radius 3 is 2.00 bits per heavy atom. The van der Waals surface area contributed by atoms with Crippen molar-refractivity contribution in [3.63, 3.8) is 0 Å². The molecule has 2 aromatic rings. The Morgan fingerprint density at radius 2 is 1.52 bits per heavy atom. The van der Waals surface area contributed by atoms with Gasteiger partial charge in [0, 0.05) is 10.0 Å². The molecule has 5 nitrogen and oxygen atoms in total. The molecule has 0 bridgehead atoms. The maximum absolute atomic E-state index is 5.36. The average molecular weight is 379 g/mol. The maximum atomic E-state index is 5.36. The largest absolute Gasteiger partial charge is 0.493 e. The summed E-state index contributed by atoms with van der Waals surface area (Å²) in [6, 6.07) is 11.5. The van der Waals surface area contributed by atoms with Crippen LogP contribution in [-0.2, 0) is 0 Å². The lowest BCUT2D eigenvalue weighted by molar-refractivity contribution is 0.324. The summed E-state index contributed by atoms with van der Waals surface area (Å²) in [5.74, 6) is 1.76. The molecular weight excluding hydrogens is 360 g/mol. The molecule has 0 saturated heterocycles. The van der Waals surface area contributed by atoms with Crippen LogP contribution in [-0.4, -0.2) is 27.0 Å². The zero-order chi connectivity index (χ0) is 16.8. The minimum Gasteiger partial charge on any atom is -0.493 e. The van der Waals surface area contributed by atoms with Crippen LogP contribution in [0.25, 0.3) is 0 Å². The van der Waals surface area contributed by atoms with Crippen LogP contribution in [0.5, 0.6) is 17.2 Å². The highest BCUT2D eigenvalue weighted by atomic mass is 79.9. The van der Waals surface area contributed by atoms with Crippen molar-refractivity contribution < 1.29 is 14.2 Å². The smallest absolute Gasteiger partial charge is 0.203 e. The molecule has 122 valence electrons. The highest BCUT2D eigenvalue weighted by molar-refractivity contribution is 9.10. The lowest BCUT2D eigenvalue weighted by Crippen LogP contribution is -2.03. The fourth-order valence-electron chi connectivity index (χ4n) is 2.03. The van der Waals surface area contributed by atoms with E-state index in [-0.39, 0.29) is 0 Å². The second-order valence-corrected chi connectivity index (χ2v) is 5.65. The Bertz CT molecular complexity index is 674. The number of benzene rings is 2. The molecule has 0 radical (unpaired) electrons. The second kappa shape index (κ2) is 7.87. The third kappa shape index (κ3) is 4.16. The molecule has 1 N–H and O–H groups in total.